The first-order valence-electron chi connectivity index (χ1n) is 4.87. The standard InChI is InChI=1S/C11H13F2N/c12-10-4-2-8(6-11(10)13)7-1-3-9(14)5-7/h2,4,6-7,9H,1,3,5,14H2. The summed E-state index contributed by atoms with van der Waals surface area (Å²) < 4.78 is 25.6. The molecule has 0 spiro atoms. The molecule has 2 N–H and O–H groups in total. The highest BCUT2D eigenvalue weighted by molar-refractivity contribution is 5.23. The van der Waals surface area contributed by atoms with Gasteiger partial charge < -0.3 is 5.73 Å². The lowest BCUT2D eigenvalue weighted by Crippen LogP contribution is -2.14. The summed E-state index contributed by atoms with van der Waals surface area (Å²) in [6.45, 7) is 0. The van der Waals surface area contributed by atoms with E-state index in [4.69, 9.17) is 5.73 Å². The van der Waals surface area contributed by atoms with Crippen LogP contribution >= 0.6 is 0 Å². The molecular weight excluding hydrogens is 184 g/mol. The summed E-state index contributed by atoms with van der Waals surface area (Å²) in [5, 5.41) is 0. The topological polar surface area (TPSA) is 26.0 Å². The van der Waals surface area contributed by atoms with Crippen LogP contribution in [0.2, 0.25) is 0 Å². The van der Waals surface area contributed by atoms with Crippen LogP contribution in [0.25, 0.3) is 0 Å². The molecule has 2 rings (SSSR count). The van der Waals surface area contributed by atoms with Crippen LogP contribution in [-0.2, 0) is 0 Å². The Balaban J connectivity index is 2.20. The number of hydrogen-bond acceptors (Lipinski definition) is 1. The third-order valence-corrected chi connectivity index (χ3v) is 2.89. The van der Waals surface area contributed by atoms with Gasteiger partial charge in [0.25, 0.3) is 0 Å². The molecule has 1 aromatic rings. The summed E-state index contributed by atoms with van der Waals surface area (Å²) in [6, 6.07) is 4.35. The van der Waals surface area contributed by atoms with Crippen LogP contribution in [-0.4, -0.2) is 6.04 Å². The van der Waals surface area contributed by atoms with Crippen LogP contribution in [0.15, 0.2) is 18.2 Å². The highest BCUT2D eigenvalue weighted by Gasteiger charge is 2.23. The van der Waals surface area contributed by atoms with Gasteiger partial charge in [0.05, 0.1) is 0 Å². The smallest absolute Gasteiger partial charge is 0.159 e. The minimum absolute atomic E-state index is 0.216. The molecule has 0 aliphatic heterocycles. The van der Waals surface area contributed by atoms with Crippen LogP contribution in [0.3, 0.4) is 0 Å². The number of rotatable bonds is 1. The van der Waals surface area contributed by atoms with Crippen molar-refractivity contribution < 1.29 is 8.78 Å². The van der Waals surface area contributed by atoms with Crippen LogP contribution in [0.4, 0.5) is 8.78 Å². The van der Waals surface area contributed by atoms with Gasteiger partial charge in [-0.1, -0.05) is 6.07 Å². The molecule has 76 valence electrons. The average molecular weight is 197 g/mol. The molecule has 1 fully saturated rings. The van der Waals surface area contributed by atoms with E-state index >= 15 is 0 Å². The normalized spacial score (nSPS) is 26.8. The van der Waals surface area contributed by atoms with Gasteiger partial charge in [-0.25, -0.2) is 8.78 Å². The lowest BCUT2D eigenvalue weighted by atomic mass is 9.97. The summed E-state index contributed by atoms with van der Waals surface area (Å²) >= 11 is 0. The van der Waals surface area contributed by atoms with E-state index in [-0.39, 0.29) is 6.04 Å². The number of halogens is 2. The molecule has 1 aliphatic rings. The van der Waals surface area contributed by atoms with Gasteiger partial charge in [-0.2, -0.15) is 0 Å². The lowest BCUT2D eigenvalue weighted by Gasteiger charge is -2.09. The predicted octanol–water partition coefficient (Wildman–Crippen LogP) is 2.56. The Bertz CT molecular complexity index is 338. The van der Waals surface area contributed by atoms with Gasteiger partial charge in [-0.3, -0.25) is 0 Å². The summed E-state index contributed by atoms with van der Waals surface area (Å²) in [5.41, 5.74) is 6.63. The second kappa shape index (κ2) is 3.65. The molecule has 1 saturated carbocycles. The first-order valence-corrected chi connectivity index (χ1v) is 4.87. The summed E-state index contributed by atoms with van der Waals surface area (Å²) in [5.74, 6) is -1.24. The zero-order valence-electron chi connectivity index (χ0n) is 7.84. The lowest BCUT2D eigenvalue weighted by molar-refractivity contribution is 0.505. The molecule has 0 saturated heterocycles. The summed E-state index contributed by atoms with van der Waals surface area (Å²) in [7, 11) is 0. The average Bonchev–Trinajstić information content (AvgIpc) is 2.57. The van der Waals surface area contributed by atoms with Crippen LogP contribution in [0.1, 0.15) is 30.7 Å². The maximum absolute atomic E-state index is 12.9. The van der Waals surface area contributed by atoms with Crippen molar-refractivity contribution >= 4 is 0 Å². The zero-order valence-corrected chi connectivity index (χ0v) is 7.84. The number of nitrogens with two attached hydrogens (primary N) is 1. The zero-order chi connectivity index (χ0) is 10.1. The van der Waals surface area contributed by atoms with Crippen LogP contribution in [0, 0.1) is 11.6 Å². The van der Waals surface area contributed by atoms with Gasteiger partial charge in [0.1, 0.15) is 0 Å². The van der Waals surface area contributed by atoms with Crippen molar-refractivity contribution in [3.05, 3.63) is 35.4 Å². The molecule has 0 bridgehead atoms. The Labute approximate surface area is 81.9 Å². The Morgan fingerprint density at radius 1 is 1.14 bits per heavy atom. The Morgan fingerprint density at radius 2 is 1.93 bits per heavy atom. The maximum atomic E-state index is 12.9. The van der Waals surface area contributed by atoms with Crippen molar-refractivity contribution in [3.8, 4) is 0 Å². The largest absolute Gasteiger partial charge is 0.328 e. The van der Waals surface area contributed by atoms with E-state index in [2.05, 4.69) is 0 Å². The van der Waals surface area contributed by atoms with Gasteiger partial charge in [-0.15, -0.1) is 0 Å². The van der Waals surface area contributed by atoms with E-state index in [0.717, 1.165) is 24.8 Å². The molecule has 0 radical (unpaired) electrons. The number of hydrogen-bond donors (Lipinski definition) is 1. The molecule has 14 heavy (non-hydrogen) atoms. The molecular formula is C11H13F2N. The fraction of sp³-hybridized carbons (Fsp3) is 0.455. The SMILES string of the molecule is NC1CCC(c2ccc(F)c(F)c2)C1. The molecule has 0 heterocycles. The van der Waals surface area contributed by atoms with Gasteiger partial charge in [0.2, 0.25) is 0 Å². The number of benzene rings is 1. The Morgan fingerprint density at radius 3 is 2.50 bits per heavy atom. The van der Waals surface area contributed by atoms with Gasteiger partial charge in [0, 0.05) is 6.04 Å². The highest BCUT2D eigenvalue weighted by atomic mass is 19.2. The molecule has 3 heteroatoms. The second-order valence-electron chi connectivity index (χ2n) is 3.94. The molecule has 0 amide bonds. The third-order valence-electron chi connectivity index (χ3n) is 2.89. The second-order valence-corrected chi connectivity index (χ2v) is 3.94. The van der Waals surface area contributed by atoms with E-state index in [0.29, 0.717) is 5.92 Å². The fourth-order valence-corrected chi connectivity index (χ4v) is 2.09. The molecule has 2 unspecified atom stereocenters. The minimum Gasteiger partial charge on any atom is -0.328 e. The molecule has 2 atom stereocenters. The van der Waals surface area contributed by atoms with Crippen molar-refractivity contribution in [2.45, 2.75) is 31.2 Å². The van der Waals surface area contributed by atoms with Crippen molar-refractivity contribution in [1.82, 2.24) is 0 Å². The van der Waals surface area contributed by atoms with E-state index < -0.39 is 11.6 Å². The minimum atomic E-state index is -0.781. The Hall–Kier alpha value is -0.960. The van der Waals surface area contributed by atoms with Crippen molar-refractivity contribution in [2.24, 2.45) is 5.73 Å². The van der Waals surface area contributed by atoms with Crippen molar-refractivity contribution in [3.63, 3.8) is 0 Å². The quantitative estimate of drug-likeness (QED) is 0.735. The van der Waals surface area contributed by atoms with E-state index in [1.807, 2.05) is 0 Å². The summed E-state index contributed by atoms with van der Waals surface area (Å²) in [6.07, 6.45) is 2.83. The molecule has 1 aliphatic carbocycles. The Kier molecular flexibility index (Phi) is 2.50. The van der Waals surface area contributed by atoms with Gasteiger partial charge >= 0.3 is 0 Å². The molecule has 1 nitrogen and oxygen atoms in total. The van der Waals surface area contributed by atoms with Crippen molar-refractivity contribution in [1.29, 1.82) is 0 Å². The first kappa shape index (κ1) is 9.59. The van der Waals surface area contributed by atoms with E-state index in [1.165, 1.54) is 12.1 Å². The highest BCUT2D eigenvalue weighted by Crippen LogP contribution is 2.33. The fourth-order valence-electron chi connectivity index (χ4n) is 2.09. The van der Waals surface area contributed by atoms with E-state index in [1.54, 1.807) is 6.07 Å². The third kappa shape index (κ3) is 1.77. The van der Waals surface area contributed by atoms with E-state index in [9.17, 15) is 8.78 Å². The van der Waals surface area contributed by atoms with Crippen molar-refractivity contribution in [2.75, 3.05) is 0 Å². The monoisotopic (exact) mass is 197 g/mol. The summed E-state index contributed by atoms with van der Waals surface area (Å²) in [4.78, 5) is 0. The van der Waals surface area contributed by atoms with Gasteiger partial charge in [0.15, 0.2) is 11.6 Å². The van der Waals surface area contributed by atoms with Gasteiger partial charge in [-0.05, 0) is 42.9 Å². The molecule has 1 aromatic carbocycles. The van der Waals surface area contributed by atoms with Crippen LogP contribution in [0.5, 0.6) is 0 Å². The predicted molar refractivity (Wildman–Crippen MR) is 50.9 cm³/mol. The first-order chi connectivity index (χ1) is 6.66. The maximum Gasteiger partial charge on any atom is 0.159 e. The molecule has 0 aromatic heterocycles. The van der Waals surface area contributed by atoms with Crippen LogP contribution < -0.4 is 5.73 Å².